The van der Waals surface area contributed by atoms with Gasteiger partial charge in [-0.3, -0.25) is 9.59 Å². The smallest absolute Gasteiger partial charge is 0.263 e. The van der Waals surface area contributed by atoms with E-state index in [0.717, 1.165) is 18.0 Å². The molecule has 0 spiro atoms. The Kier molecular flexibility index (Phi) is 4.35. The highest BCUT2D eigenvalue weighted by Crippen LogP contribution is 2.23. The number of aromatic nitrogens is 2. The van der Waals surface area contributed by atoms with Crippen molar-refractivity contribution in [2.45, 2.75) is 0 Å². The topological polar surface area (TPSA) is 69.6 Å². The predicted octanol–water partition coefficient (Wildman–Crippen LogP) is 0.959. The summed E-state index contributed by atoms with van der Waals surface area (Å²) in [4.78, 5) is 39.8. The van der Waals surface area contributed by atoms with E-state index in [0.29, 0.717) is 32.1 Å². The lowest BCUT2D eigenvalue weighted by Gasteiger charge is -2.42. The fraction of sp³-hybridized carbons (Fsp3) is 0.412. The van der Waals surface area contributed by atoms with Crippen molar-refractivity contribution in [2.75, 3.05) is 44.2 Å². The molecule has 0 bridgehead atoms. The number of anilines is 1. The molecule has 2 saturated heterocycles. The van der Waals surface area contributed by atoms with Gasteiger partial charge >= 0.3 is 0 Å². The number of carbonyl (C=O) groups excluding carboxylic acids is 2. The van der Waals surface area contributed by atoms with Crippen LogP contribution in [0.5, 0.6) is 0 Å². The third-order valence-electron chi connectivity index (χ3n) is 4.68. The molecule has 0 N–H and O–H groups in total. The Labute approximate surface area is 149 Å². The fourth-order valence-electron chi connectivity index (χ4n) is 3.20. The Morgan fingerprint density at radius 2 is 1.72 bits per heavy atom. The van der Waals surface area contributed by atoms with Crippen LogP contribution in [0.25, 0.3) is 0 Å². The van der Waals surface area contributed by atoms with Crippen LogP contribution in [0.3, 0.4) is 0 Å². The van der Waals surface area contributed by atoms with Gasteiger partial charge in [-0.05, 0) is 17.5 Å². The minimum Gasteiger partial charge on any atom is -0.339 e. The molecule has 0 unspecified atom stereocenters. The van der Waals surface area contributed by atoms with Gasteiger partial charge in [0, 0.05) is 51.7 Å². The van der Waals surface area contributed by atoms with Gasteiger partial charge < -0.3 is 14.7 Å². The SMILES string of the molecule is O=C(c1cccs1)N1CC(C(=O)N2CCN(c3ncccn3)CC2)C1. The van der Waals surface area contributed by atoms with E-state index in [1.807, 2.05) is 22.4 Å². The summed E-state index contributed by atoms with van der Waals surface area (Å²) in [7, 11) is 0. The molecule has 130 valence electrons. The lowest BCUT2D eigenvalue weighted by Crippen LogP contribution is -2.59. The average Bonchev–Trinajstić information content (AvgIpc) is 3.16. The molecule has 2 aliphatic rings. The van der Waals surface area contributed by atoms with E-state index in [4.69, 9.17) is 0 Å². The molecule has 4 rings (SSSR count). The maximum Gasteiger partial charge on any atom is 0.263 e. The molecule has 2 amide bonds. The summed E-state index contributed by atoms with van der Waals surface area (Å²) in [6.45, 7) is 3.87. The maximum atomic E-state index is 12.6. The summed E-state index contributed by atoms with van der Waals surface area (Å²) < 4.78 is 0. The molecule has 0 aromatic carbocycles. The first-order chi connectivity index (χ1) is 12.2. The quantitative estimate of drug-likeness (QED) is 0.818. The van der Waals surface area contributed by atoms with Gasteiger partial charge in [0.05, 0.1) is 10.8 Å². The Balaban J connectivity index is 1.27. The van der Waals surface area contributed by atoms with E-state index in [1.54, 1.807) is 23.4 Å². The lowest BCUT2D eigenvalue weighted by atomic mass is 9.97. The van der Waals surface area contributed by atoms with Gasteiger partial charge in [0.15, 0.2) is 0 Å². The van der Waals surface area contributed by atoms with Crippen LogP contribution in [0, 0.1) is 5.92 Å². The van der Waals surface area contributed by atoms with Crippen LogP contribution < -0.4 is 4.90 Å². The first kappa shape index (κ1) is 16.0. The number of hydrogen-bond donors (Lipinski definition) is 0. The third-order valence-corrected chi connectivity index (χ3v) is 5.53. The summed E-state index contributed by atoms with van der Waals surface area (Å²) >= 11 is 1.44. The van der Waals surface area contributed by atoms with Gasteiger partial charge in [-0.1, -0.05) is 6.07 Å². The molecule has 8 heteroatoms. The Hall–Kier alpha value is -2.48. The van der Waals surface area contributed by atoms with Crippen molar-refractivity contribution in [1.82, 2.24) is 19.8 Å². The lowest BCUT2D eigenvalue weighted by molar-refractivity contribution is -0.140. The zero-order valence-electron chi connectivity index (χ0n) is 13.7. The summed E-state index contributed by atoms with van der Waals surface area (Å²) in [5, 5.41) is 1.89. The number of rotatable bonds is 3. The third kappa shape index (κ3) is 3.21. The molecular formula is C17H19N5O2S. The number of piperazine rings is 1. The zero-order chi connectivity index (χ0) is 17.2. The highest BCUT2D eigenvalue weighted by atomic mass is 32.1. The van der Waals surface area contributed by atoms with Crippen molar-refractivity contribution in [2.24, 2.45) is 5.92 Å². The van der Waals surface area contributed by atoms with Crippen molar-refractivity contribution >= 4 is 29.1 Å². The number of carbonyl (C=O) groups is 2. The number of nitrogens with zero attached hydrogens (tertiary/aromatic N) is 5. The highest BCUT2D eigenvalue weighted by molar-refractivity contribution is 7.12. The molecule has 2 aliphatic heterocycles. The summed E-state index contributed by atoms with van der Waals surface area (Å²) in [5.74, 6) is 0.836. The number of hydrogen-bond acceptors (Lipinski definition) is 6. The van der Waals surface area contributed by atoms with Gasteiger partial charge in [-0.15, -0.1) is 11.3 Å². The Morgan fingerprint density at radius 3 is 2.36 bits per heavy atom. The molecule has 7 nitrogen and oxygen atoms in total. The Morgan fingerprint density at radius 1 is 1.00 bits per heavy atom. The highest BCUT2D eigenvalue weighted by Gasteiger charge is 2.39. The zero-order valence-corrected chi connectivity index (χ0v) is 14.6. The predicted molar refractivity (Wildman–Crippen MR) is 94.5 cm³/mol. The van der Waals surface area contributed by atoms with Crippen LogP contribution >= 0.6 is 11.3 Å². The summed E-state index contributed by atoms with van der Waals surface area (Å²) in [5.41, 5.74) is 0. The Bertz CT molecular complexity index is 738. The number of amides is 2. The van der Waals surface area contributed by atoms with E-state index in [-0.39, 0.29) is 17.7 Å². The monoisotopic (exact) mass is 357 g/mol. The van der Waals surface area contributed by atoms with Gasteiger partial charge in [0.2, 0.25) is 11.9 Å². The first-order valence-electron chi connectivity index (χ1n) is 8.36. The molecule has 4 heterocycles. The molecule has 0 aliphatic carbocycles. The van der Waals surface area contributed by atoms with Crippen molar-refractivity contribution in [3.8, 4) is 0 Å². The molecule has 25 heavy (non-hydrogen) atoms. The molecule has 2 fully saturated rings. The van der Waals surface area contributed by atoms with Gasteiger partial charge in [-0.25, -0.2) is 9.97 Å². The van der Waals surface area contributed by atoms with Crippen molar-refractivity contribution in [1.29, 1.82) is 0 Å². The standard InChI is InChI=1S/C17H19N5O2S/c23-15(13-11-22(12-13)16(24)14-3-1-10-25-14)20-6-8-21(9-7-20)17-18-4-2-5-19-17/h1-5,10,13H,6-9,11-12H2. The van der Waals surface area contributed by atoms with Crippen LogP contribution in [0.15, 0.2) is 36.0 Å². The second-order valence-corrected chi connectivity index (χ2v) is 7.19. The van der Waals surface area contributed by atoms with Crippen LogP contribution in [0.1, 0.15) is 9.67 Å². The van der Waals surface area contributed by atoms with Crippen LogP contribution in [0.2, 0.25) is 0 Å². The number of likely N-dealkylation sites (tertiary alicyclic amines) is 1. The molecule has 0 atom stereocenters. The average molecular weight is 357 g/mol. The van der Waals surface area contributed by atoms with E-state index in [1.165, 1.54) is 11.3 Å². The van der Waals surface area contributed by atoms with Crippen molar-refractivity contribution in [3.63, 3.8) is 0 Å². The van der Waals surface area contributed by atoms with E-state index in [2.05, 4.69) is 14.9 Å². The van der Waals surface area contributed by atoms with E-state index in [9.17, 15) is 9.59 Å². The maximum absolute atomic E-state index is 12.6. The minimum absolute atomic E-state index is 0.0325. The van der Waals surface area contributed by atoms with Crippen molar-refractivity contribution < 1.29 is 9.59 Å². The summed E-state index contributed by atoms with van der Waals surface area (Å²) in [6.07, 6.45) is 3.46. The van der Waals surface area contributed by atoms with Crippen LogP contribution in [-0.4, -0.2) is 70.9 Å². The molecule has 2 aromatic rings. The normalized spacial score (nSPS) is 18.2. The first-order valence-corrected chi connectivity index (χ1v) is 9.24. The molecule has 0 radical (unpaired) electrons. The van der Waals surface area contributed by atoms with E-state index < -0.39 is 0 Å². The molecule has 0 saturated carbocycles. The molecule has 2 aromatic heterocycles. The number of thiophene rings is 1. The largest absolute Gasteiger partial charge is 0.339 e. The second-order valence-electron chi connectivity index (χ2n) is 6.25. The van der Waals surface area contributed by atoms with Gasteiger partial charge in [0.1, 0.15) is 0 Å². The minimum atomic E-state index is -0.0663. The van der Waals surface area contributed by atoms with Gasteiger partial charge in [-0.2, -0.15) is 0 Å². The molecular weight excluding hydrogens is 338 g/mol. The summed E-state index contributed by atoms with van der Waals surface area (Å²) in [6, 6.07) is 5.49. The van der Waals surface area contributed by atoms with Crippen LogP contribution in [0.4, 0.5) is 5.95 Å². The van der Waals surface area contributed by atoms with Gasteiger partial charge in [0.25, 0.3) is 5.91 Å². The van der Waals surface area contributed by atoms with E-state index >= 15 is 0 Å². The fourth-order valence-corrected chi connectivity index (χ4v) is 3.89. The van der Waals surface area contributed by atoms with Crippen molar-refractivity contribution in [3.05, 3.63) is 40.8 Å². The second kappa shape index (κ2) is 6.79. The van der Waals surface area contributed by atoms with Crippen LogP contribution in [-0.2, 0) is 4.79 Å².